The molecule has 8 heteroatoms. The lowest BCUT2D eigenvalue weighted by Crippen LogP contribution is -2.29. The van der Waals surface area contributed by atoms with Crippen LogP contribution in [0.25, 0.3) is 22.2 Å². The number of nitro groups is 1. The third-order valence-corrected chi connectivity index (χ3v) is 5.35. The third-order valence-electron chi connectivity index (χ3n) is 5.35. The first kappa shape index (κ1) is 20.4. The second kappa shape index (κ2) is 8.44. The Kier molecular flexibility index (Phi) is 5.54. The molecule has 1 unspecified atom stereocenters. The summed E-state index contributed by atoms with van der Waals surface area (Å²) in [7, 11) is -1.61. The van der Waals surface area contributed by atoms with Crippen molar-refractivity contribution in [3.8, 4) is 17.3 Å². The van der Waals surface area contributed by atoms with E-state index in [1.54, 1.807) is 36.4 Å². The average Bonchev–Trinajstić information content (AvgIpc) is 3.16. The van der Waals surface area contributed by atoms with E-state index >= 15 is 0 Å². The van der Waals surface area contributed by atoms with Crippen LogP contribution in [0.1, 0.15) is 22.6 Å². The molecule has 1 heterocycles. The van der Waals surface area contributed by atoms with Gasteiger partial charge in [0, 0.05) is 15.8 Å². The van der Waals surface area contributed by atoms with Crippen LogP contribution in [0, 0.1) is 21.4 Å². The van der Waals surface area contributed by atoms with Crippen LogP contribution in [0.2, 0.25) is 0 Å². The van der Waals surface area contributed by atoms with E-state index in [0.29, 0.717) is 16.6 Å². The van der Waals surface area contributed by atoms with E-state index in [-0.39, 0.29) is 11.5 Å². The van der Waals surface area contributed by atoms with Gasteiger partial charge in [-0.1, -0.05) is 60.7 Å². The lowest BCUT2D eigenvalue weighted by molar-refractivity contribution is -0.481. The minimum Gasteiger partial charge on any atom is -0.423 e. The second-order valence-corrected chi connectivity index (χ2v) is 7.26. The number of aromatic nitrogens is 1. The van der Waals surface area contributed by atoms with E-state index in [2.05, 4.69) is 11.1 Å². The van der Waals surface area contributed by atoms with Crippen molar-refractivity contribution in [1.29, 1.82) is 5.26 Å². The SMILES string of the molecule is N#Cc1ccc2c(C(C[N+](=O)[O-])c3ccc(B(O)O)cc3)c(-c3ccccc3)[nH]c2c1. The standard InChI is InChI=1S/C23H18BN3O4/c25-13-15-6-11-19-21(12-15)26-23(17-4-2-1-3-5-17)22(19)20(14-27(30)31)16-7-9-18(10-8-16)24(28)29/h1-12,20,26,28-29H,14H2. The number of benzene rings is 3. The fourth-order valence-corrected chi connectivity index (χ4v) is 3.90. The number of fused-ring (bicyclic) bond motifs is 1. The van der Waals surface area contributed by atoms with Crippen LogP contribution in [-0.4, -0.2) is 33.6 Å². The van der Waals surface area contributed by atoms with Crippen LogP contribution in [0.4, 0.5) is 0 Å². The Morgan fingerprint density at radius 3 is 2.39 bits per heavy atom. The third kappa shape index (κ3) is 4.05. The summed E-state index contributed by atoms with van der Waals surface area (Å²) >= 11 is 0. The van der Waals surface area contributed by atoms with Gasteiger partial charge in [0.1, 0.15) is 0 Å². The average molecular weight is 411 g/mol. The molecule has 0 fully saturated rings. The summed E-state index contributed by atoms with van der Waals surface area (Å²) in [6, 6.07) is 23.4. The number of hydrogen-bond donors (Lipinski definition) is 3. The molecule has 4 aromatic rings. The normalized spacial score (nSPS) is 11.8. The van der Waals surface area contributed by atoms with Crippen LogP contribution in [0.3, 0.4) is 0 Å². The van der Waals surface area contributed by atoms with Gasteiger partial charge < -0.3 is 15.0 Å². The summed E-state index contributed by atoms with van der Waals surface area (Å²) in [6.07, 6.45) is 0. The highest BCUT2D eigenvalue weighted by Gasteiger charge is 2.28. The van der Waals surface area contributed by atoms with Crippen molar-refractivity contribution in [2.45, 2.75) is 5.92 Å². The Morgan fingerprint density at radius 1 is 1.06 bits per heavy atom. The Bertz CT molecular complexity index is 1280. The lowest BCUT2D eigenvalue weighted by Gasteiger charge is -2.16. The fourth-order valence-electron chi connectivity index (χ4n) is 3.90. The zero-order valence-electron chi connectivity index (χ0n) is 16.4. The molecule has 1 atom stereocenters. The van der Waals surface area contributed by atoms with Crippen LogP contribution in [0.5, 0.6) is 0 Å². The second-order valence-electron chi connectivity index (χ2n) is 7.26. The number of H-pyrrole nitrogens is 1. The predicted octanol–water partition coefficient (Wildman–Crippen LogP) is 2.79. The van der Waals surface area contributed by atoms with E-state index in [4.69, 9.17) is 0 Å². The van der Waals surface area contributed by atoms with Gasteiger partial charge in [-0.25, -0.2) is 0 Å². The highest BCUT2D eigenvalue weighted by atomic mass is 16.6. The van der Waals surface area contributed by atoms with Gasteiger partial charge in [-0.2, -0.15) is 5.26 Å². The Labute approximate surface area is 178 Å². The van der Waals surface area contributed by atoms with Crippen molar-refractivity contribution in [1.82, 2.24) is 4.98 Å². The molecule has 0 amide bonds. The zero-order valence-corrected chi connectivity index (χ0v) is 16.4. The van der Waals surface area contributed by atoms with E-state index < -0.39 is 13.0 Å². The van der Waals surface area contributed by atoms with Gasteiger partial charge in [0.2, 0.25) is 6.54 Å². The molecule has 3 N–H and O–H groups in total. The summed E-state index contributed by atoms with van der Waals surface area (Å²) in [5.74, 6) is -0.586. The molecule has 0 aliphatic heterocycles. The predicted molar refractivity (Wildman–Crippen MR) is 118 cm³/mol. The molecule has 152 valence electrons. The molecule has 1 aromatic heterocycles. The minimum atomic E-state index is -1.61. The van der Waals surface area contributed by atoms with Gasteiger partial charge >= 0.3 is 7.12 Å². The highest BCUT2D eigenvalue weighted by Crippen LogP contribution is 2.39. The topological polar surface area (TPSA) is 123 Å². The monoisotopic (exact) mass is 411 g/mol. The first-order chi connectivity index (χ1) is 15.0. The maximum Gasteiger partial charge on any atom is 0.488 e. The molecule has 0 aliphatic carbocycles. The molecule has 7 nitrogen and oxygen atoms in total. The molecule has 0 saturated heterocycles. The van der Waals surface area contributed by atoms with Gasteiger partial charge in [0.25, 0.3) is 0 Å². The molecular weight excluding hydrogens is 393 g/mol. The van der Waals surface area contributed by atoms with Gasteiger partial charge in [-0.05, 0) is 34.3 Å². The number of nitrogens with one attached hydrogen (secondary N) is 1. The van der Waals surface area contributed by atoms with Crippen LogP contribution < -0.4 is 5.46 Å². The van der Waals surface area contributed by atoms with Crippen LogP contribution in [0.15, 0.2) is 72.8 Å². The first-order valence-electron chi connectivity index (χ1n) is 9.67. The van der Waals surface area contributed by atoms with Crippen molar-refractivity contribution in [3.63, 3.8) is 0 Å². The van der Waals surface area contributed by atoms with Crippen molar-refractivity contribution in [2.24, 2.45) is 0 Å². The maximum atomic E-state index is 11.6. The van der Waals surface area contributed by atoms with Crippen molar-refractivity contribution < 1.29 is 15.0 Å². The molecular formula is C23H18BN3O4. The summed E-state index contributed by atoms with van der Waals surface area (Å²) in [5.41, 5.74) is 4.61. The molecule has 3 aromatic carbocycles. The number of hydrogen-bond acceptors (Lipinski definition) is 5. The van der Waals surface area contributed by atoms with Gasteiger partial charge in [0.05, 0.1) is 23.2 Å². The van der Waals surface area contributed by atoms with Crippen LogP contribution in [-0.2, 0) is 0 Å². The fraction of sp³-hybridized carbons (Fsp3) is 0.0870. The smallest absolute Gasteiger partial charge is 0.423 e. The molecule has 0 saturated carbocycles. The Hall–Kier alpha value is -3.93. The van der Waals surface area contributed by atoms with Crippen molar-refractivity contribution in [2.75, 3.05) is 6.54 Å². The number of aromatic amines is 1. The maximum absolute atomic E-state index is 11.6. The summed E-state index contributed by atoms with van der Waals surface area (Å²) in [6.45, 7) is -0.339. The lowest BCUT2D eigenvalue weighted by atomic mass is 9.78. The molecule has 0 aliphatic rings. The number of nitriles is 1. The quantitative estimate of drug-likeness (QED) is 0.256. The molecule has 31 heavy (non-hydrogen) atoms. The summed E-state index contributed by atoms with van der Waals surface area (Å²) in [4.78, 5) is 14.6. The van der Waals surface area contributed by atoms with Crippen LogP contribution >= 0.6 is 0 Å². The number of nitrogens with zero attached hydrogens (tertiary/aromatic N) is 2. The Morgan fingerprint density at radius 2 is 1.77 bits per heavy atom. The van der Waals surface area contributed by atoms with E-state index in [0.717, 1.165) is 27.7 Å². The zero-order chi connectivity index (χ0) is 22.0. The van der Waals surface area contributed by atoms with Crippen molar-refractivity contribution >= 4 is 23.5 Å². The van der Waals surface area contributed by atoms with Gasteiger partial charge in [-0.15, -0.1) is 0 Å². The molecule has 0 spiro atoms. The van der Waals surface area contributed by atoms with Gasteiger partial charge in [0.15, 0.2) is 0 Å². The number of rotatable bonds is 6. The van der Waals surface area contributed by atoms with E-state index in [1.807, 2.05) is 36.4 Å². The van der Waals surface area contributed by atoms with Gasteiger partial charge in [-0.3, -0.25) is 10.1 Å². The summed E-state index contributed by atoms with van der Waals surface area (Å²) in [5, 5.41) is 40.4. The molecule has 0 bridgehead atoms. The highest BCUT2D eigenvalue weighted by molar-refractivity contribution is 6.58. The molecule has 4 rings (SSSR count). The van der Waals surface area contributed by atoms with E-state index in [9.17, 15) is 25.4 Å². The van der Waals surface area contributed by atoms with Crippen molar-refractivity contribution in [3.05, 3.63) is 99.6 Å². The first-order valence-corrected chi connectivity index (χ1v) is 9.67. The minimum absolute atomic E-state index is 0.310. The summed E-state index contributed by atoms with van der Waals surface area (Å²) < 4.78 is 0. The molecule has 0 radical (unpaired) electrons. The Balaban J connectivity index is 1.96. The van der Waals surface area contributed by atoms with E-state index in [1.165, 1.54) is 0 Å². The largest absolute Gasteiger partial charge is 0.488 e.